The Balaban J connectivity index is -0.000000151. The third-order valence-corrected chi connectivity index (χ3v) is 1.59. The van der Waals surface area contributed by atoms with Crippen LogP contribution in [0.1, 0.15) is 39.5 Å². The molecule has 4 heteroatoms. The second-order valence-corrected chi connectivity index (χ2v) is 2.94. The van der Waals surface area contributed by atoms with Gasteiger partial charge < -0.3 is 4.57 Å². The van der Waals surface area contributed by atoms with Gasteiger partial charge in [-0.2, -0.15) is 0 Å². The summed E-state index contributed by atoms with van der Waals surface area (Å²) in [6, 6.07) is 0. The molecule has 0 bridgehead atoms. The van der Waals surface area contributed by atoms with Gasteiger partial charge >= 0.3 is 0 Å². The predicted molar refractivity (Wildman–Crippen MR) is 73.7 cm³/mol. The van der Waals surface area contributed by atoms with E-state index in [1.54, 1.807) is 12.5 Å². The fraction of sp³-hybridized carbons (Fsp3) is 0.700. The number of rotatable bonds is 3. The van der Waals surface area contributed by atoms with Gasteiger partial charge in [-0.25, -0.2) is 4.98 Å². The highest BCUT2D eigenvalue weighted by Crippen LogP contribution is 1.95. The smallest absolute Gasteiger partial charge is 0.0943 e. The molecule has 0 N–H and O–H groups in total. The Morgan fingerprint density at radius 1 is 1.07 bits per heavy atom. The summed E-state index contributed by atoms with van der Waals surface area (Å²) in [5, 5.41) is 0. The van der Waals surface area contributed by atoms with E-state index in [1.165, 1.54) is 25.7 Å². The Hall–Kier alpha value is 0.170. The summed E-state index contributed by atoms with van der Waals surface area (Å²) in [6.45, 7) is 4.46. The lowest BCUT2D eigenvalue weighted by Crippen LogP contribution is -1.76. The molecule has 0 amide bonds. The maximum atomic E-state index is 3.78. The third kappa shape index (κ3) is 14.7. The van der Waals surface area contributed by atoms with Crippen molar-refractivity contribution in [1.82, 2.24) is 9.55 Å². The zero-order valence-corrected chi connectivity index (χ0v) is 12.7. The van der Waals surface area contributed by atoms with Crippen molar-refractivity contribution in [2.45, 2.75) is 39.5 Å². The minimum absolute atomic E-state index is 0. The molecule has 2 nitrogen and oxygen atoms in total. The van der Waals surface area contributed by atoms with Gasteiger partial charge in [-0.1, -0.05) is 39.5 Å². The average Bonchev–Trinajstić information content (AvgIpc) is 2.53. The second kappa shape index (κ2) is 15.6. The lowest BCUT2D eigenvalue weighted by Gasteiger charge is -1.86. The van der Waals surface area contributed by atoms with Crippen LogP contribution in [-0.4, -0.2) is 9.55 Å². The van der Waals surface area contributed by atoms with Crippen LogP contribution in [0.5, 0.6) is 0 Å². The summed E-state index contributed by atoms with van der Waals surface area (Å²) in [6.07, 6.45) is 10.9. The van der Waals surface area contributed by atoms with Crippen LogP contribution in [0.4, 0.5) is 0 Å². The molecular formula is C10H22Br2N2. The van der Waals surface area contributed by atoms with Crippen LogP contribution in [0, 0.1) is 0 Å². The second-order valence-electron chi connectivity index (χ2n) is 2.94. The summed E-state index contributed by atoms with van der Waals surface area (Å²) in [5.41, 5.74) is 0. The monoisotopic (exact) mass is 328 g/mol. The van der Waals surface area contributed by atoms with Crippen molar-refractivity contribution < 1.29 is 0 Å². The van der Waals surface area contributed by atoms with E-state index in [9.17, 15) is 0 Å². The van der Waals surface area contributed by atoms with Crippen molar-refractivity contribution in [1.29, 1.82) is 0 Å². The van der Waals surface area contributed by atoms with E-state index in [0.29, 0.717) is 0 Å². The Labute approximate surface area is 109 Å². The van der Waals surface area contributed by atoms with Crippen molar-refractivity contribution in [2.24, 2.45) is 7.05 Å². The normalized spacial score (nSPS) is 7.64. The quantitative estimate of drug-likeness (QED) is 0.761. The summed E-state index contributed by atoms with van der Waals surface area (Å²) in [5.74, 6) is 0. The number of nitrogens with zero attached hydrogens (tertiary/aromatic N) is 2. The maximum absolute atomic E-state index is 3.78. The molecule has 0 aliphatic rings. The van der Waals surface area contributed by atoms with E-state index in [-0.39, 0.29) is 34.0 Å². The highest BCUT2D eigenvalue weighted by molar-refractivity contribution is 8.93. The number of aryl methyl sites for hydroxylation is 1. The first-order valence-electron chi connectivity index (χ1n) is 4.73. The van der Waals surface area contributed by atoms with Gasteiger partial charge in [0.2, 0.25) is 0 Å². The molecule has 0 aliphatic heterocycles. The molecule has 1 rings (SSSR count). The predicted octanol–water partition coefficient (Wildman–Crippen LogP) is 4.16. The van der Waals surface area contributed by atoms with Crippen molar-refractivity contribution in [3.63, 3.8) is 0 Å². The van der Waals surface area contributed by atoms with Crippen LogP contribution in [0.3, 0.4) is 0 Å². The van der Waals surface area contributed by atoms with Crippen molar-refractivity contribution >= 4 is 34.0 Å². The molecule has 0 saturated heterocycles. The first-order valence-corrected chi connectivity index (χ1v) is 4.73. The highest BCUT2D eigenvalue weighted by atomic mass is 79.9. The number of unbranched alkanes of at least 4 members (excludes halogenated alkanes) is 3. The molecule has 14 heavy (non-hydrogen) atoms. The fourth-order valence-electron chi connectivity index (χ4n) is 0.826. The molecule has 0 spiro atoms. The minimum Gasteiger partial charge on any atom is -0.341 e. The zero-order valence-electron chi connectivity index (χ0n) is 9.27. The van der Waals surface area contributed by atoms with Crippen molar-refractivity contribution in [3.05, 3.63) is 18.7 Å². The maximum Gasteiger partial charge on any atom is 0.0943 e. The molecule has 0 radical (unpaired) electrons. The Bertz CT molecular complexity index is 161. The van der Waals surface area contributed by atoms with E-state index < -0.39 is 0 Å². The minimum atomic E-state index is 0. The first kappa shape index (κ1) is 19.7. The largest absolute Gasteiger partial charge is 0.341 e. The lowest BCUT2D eigenvalue weighted by molar-refractivity contribution is 0.702. The van der Waals surface area contributed by atoms with Gasteiger partial charge in [-0.15, -0.1) is 34.0 Å². The van der Waals surface area contributed by atoms with E-state index in [2.05, 4.69) is 18.8 Å². The van der Waals surface area contributed by atoms with Gasteiger partial charge in [0.05, 0.1) is 6.33 Å². The van der Waals surface area contributed by atoms with Crippen LogP contribution >= 0.6 is 34.0 Å². The molecule has 0 fully saturated rings. The Morgan fingerprint density at radius 2 is 1.57 bits per heavy atom. The standard InChI is InChI=1S/C6H14.C4H6N2.2BrH/c1-3-5-6-4-2;1-6-3-2-5-4-6;;/h3-6H2,1-2H3;2-4H,1H3;2*1H. The topological polar surface area (TPSA) is 17.8 Å². The molecular weight excluding hydrogens is 308 g/mol. The lowest BCUT2D eigenvalue weighted by atomic mass is 10.2. The Kier molecular flexibility index (Phi) is 22.0. The Morgan fingerprint density at radius 3 is 1.71 bits per heavy atom. The van der Waals surface area contributed by atoms with E-state index in [1.807, 2.05) is 17.8 Å². The number of halogens is 2. The average molecular weight is 330 g/mol. The molecule has 0 unspecified atom stereocenters. The third-order valence-electron chi connectivity index (χ3n) is 1.59. The van der Waals surface area contributed by atoms with Crippen LogP contribution in [0.25, 0.3) is 0 Å². The van der Waals surface area contributed by atoms with Crippen LogP contribution in [0.15, 0.2) is 18.7 Å². The van der Waals surface area contributed by atoms with Gasteiger partial charge in [0.15, 0.2) is 0 Å². The van der Waals surface area contributed by atoms with Gasteiger partial charge in [-0.05, 0) is 0 Å². The summed E-state index contributed by atoms with van der Waals surface area (Å²) < 4.78 is 1.89. The van der Waals surface area contributed by atoms with Gasteiger partial charge in [-0.3, -0.25) is 0 Å². The molecule has 0 atom stereocenters. The molecule has 0 saturated carbocycles. The number of imidazole rings is 1. The molecule has 1 aromatic rings. The summed E-state index contributed by atoms with van der Waals surface area (Å²) >= 11 is 0. The number of hydrogen-bond donors (Lipinski definition) is 0. The van der Waals surface area contributed by atoms with E-state index in [0.717, 1.165) is 0 Å². The molecule has 1 heterocycles. The van der Waals surface area contributed by atoms with Crippen molar-refractivity contribution in [3.8, 4) is 0 Å². The van der Waals surface area contributed by atoms with Crippen LogP contribution in [0.2, 0.25) is 0 Å². The molecule has 0 aliphatic carbocycles. The molecule has 86 valence electrons. The molecule has 0 aromatic carbocycles. The number of hydrogen-bond acceptors (Lipinski definition) is 1. The fourth-order valence-corrected chi connectivity index (χ4v) is 0.826. The summed E-state index contributed by atoms with van der Waals surface area (Å²) in [4.78, 5) is 3.78. The van der Waals surface area contributed by atoms with Crippen LogP contribution in [-0.2, 0) is 7.05 Å². The van der Waals surface area contributed by atoms with Gasteiger partial charge in [0.25, 0.3) is 0 Å². The van der Waals surface area contributed by atoms with E-state index >= 15 is 0 Å². The van der Waals surface area contributed by atoms with Crippen molar-refractivity contribution in [2.75, 3.05) is 0 Å². The zero-order chi connectivity index (χ0) is 9.23. The van der Waals surface area contributed by atoms with E-state index in [4.69, 9.17) is 0 Å². The first-order chi connectivity index (χ1) is 5.81. The summed E-state index contributed by atoms with van der Waals surface area (Å²) in [7, 11) is 1.94. The van der Waals surface area contributed by atoms with Gasteiger partial charge in [0.1, 0.15) is 0 Å². The van der Waals surface area contributed by atoms with Gasteiger partial charge in [0, 0.05) is 19.4 Å². The number of aromatic nitrogens is 2. The van der Waals surface area contributed by atoms with Crippen LogP contribution < -0.4 is 0 Å². The molecule has 1 aromatic heterocycles. The SMILES string of the molecule is Br.Br.CCCCCC.Cn1ccnc1. The highest BCUT2D eigenvalue weighted by Gasteiger charge is 1.75.